The zero-order valence-corrected chi connectivity index (χ0v) is 18.2. The number of likely N-dealkylation sites (tertiary alicyclic amines) is 1. The lowest BCUT2D eigenvalue weighted by Crippen LogP contribution is -2.49. The van der Waals surface area contributed by atoms with E-state index in [-0.39, 0.29) is 12.0 Å². The van der Waals surface area contributed by atoms with Crippen LogP contribution in [0.15, 0.2) is 36.4 Å². The molecule has 0 saturated carbocycles. The zero-order valence-electron chi connectivity index (χ0n) is 18.2. The van der Waals surface area contributed by atoms with Gasteiger partial charge >= 0.3 is 0 Å². The third-order valence-corrected chi connectivity index (χ3v) is 5.66. The molecule has 2 heterocycles. The molecule has 0 aliphatic carbocycles. The van der Waals surface area contributed by atoms with Crippen molar-refractivity contribution in [1.82, 2.24) is 4.90 Å². The zero-order chi connectivity index (χ0) is 21.6. The van der Waals surface area contributed by atoms with Gasteiger partial charge in [-0.25, -0.2) is 0 Å². The maximum atomic E-state index is 9.69. The van der Waals surface area contributed by atoms with Gasteiger partial charge in [-0.1, -0.05) is 18.2 Å². The lowest BCUT2D eigenvalue weighted by atomic mass is 10.00. The Morgan fingerprint density at radius 3 is 2.45 bits per heavy atom. The average molecular weight is 430 g/mol. The lowest BCUT2D eigenvalue weighted by Gasteiger charge is -2.36. The van der Waals surface area contributed by atoms with Gasteiger partial charge in [-0.3, -0.25) is 4.90 Å². The van der Waals surface area contributed by atoms with Gasteiger partial charge in [-0.2, -0.15) is 0 Å². The van der Waals surface area contributed by atoms with Crippen LogP contribution >= 0.6 is 0 Å². The second-order valence-electron chi connectivity index (χ2n) is 8.04. The van der Waals surface area contributed by atoms with E-state index in [4.69, 9.17) is 23.7 Å². The topological polar surface area (TPSA) is 69.6 Å². The van der Waals surface area contributed by atoms with Crippen molar-refractivity contribution in [3.63, 3.8) is 0 Å². The first kappa shape index (κ1) is 21.9. The van der Waals surface area contributed by atoms with Crippen molar-refractivity contribution < 1.29 is 28.8 Å². The molecule has 0 bridgehead atoms. The molecule has 7 heteroatoms. The Balaban J connectivity index is 1.58. The number of rotatable bonds is 8. The summed E-state index contributed by atoms with van der Waals surface area (Å²) in [5, 5.41) is 9.69. The van der Waals surface area contributed by atoms with Crippen molar-refractivity contribution in [2.45, 2.75) is 12.6 Å². The van der Waals surface area contributed by atoms with Gasteiger partial charge in [-0.05, 0) is 23.8 Å². The average Bonchev–Trinajstić information content (AvgIpc) is 3.05. The van der Waals surface area contributed by atoms with E-state index in [0.29, 0.717) is 64.2 Å². The van der Waals surface area contributed by atoms with E-state index in [1.165, 1.54) is 0 Å². The first-order chi connectivity index (χ1) is 15.2. The van der Waals surface area contributed by atoms with Crippen LogP contribution in [0, 0.1) is 5.92 Å². The number of nitrogens with zero attached hydrogens (tertiary/aromatic N) is 1. The fraction of sp³-hybridized carbons (Fsp3) is 0.500. The molecule has 7 nitrogen and oxygen atoms in total. The van der Waals surface area contributed by atoms with Gasteiger partial charge in [0.1, 0.15) is 5.75 Å². The van der Waals surface area contributed by atoms with Crippen molar-refractivity contribution in [2.24, 2.45) is 5.92 Å². The normalized spacial score (nSPS) is 18.3. The van der Waals surface area contributed by atoms with Crippen LogP contribution in [0.3, 0.4) is 0 Å². The minimum Gasteiger partial charge on any atom is -0.493 e. The van der Waals surface area contributed by atoms with Crippen LogP contribution in [0.25, 0.3) is 11.1 Å². The number of benzene rings is 2. The summed E-state index contributed by atoms with van der Waals surface area (Å²) in [7, 11) is 3.29. The first-order valence-corrected chi connectivity index (χ1v) is 10.7. The van der Waals surface area contributed by atoms with E-state index in [1.807, 2.05) is 30.3 Å². The Labute approximate surface area is 183 Å². The van der Waals surface area contributed by atoms with Crippen molar-refractivity contribution >= 4 is 0 Å². The lowest BCUT2D eigenvalue weighted by molar-refractivity contribution is -0.00345. The number of para-hydroxylation sites is 1. The summed E-state index contributed by atoms with van der Waals surface area (Å²) in [5.74, 6) is 2.45. The summed E-state index contributed by atoms with van der Waals surface area (Å²) >= 11 is 0. The van der Waals surface area contributed by atoms with Gasteiger partial charge < -0.3 is 28.8 Å². The third kappa shape index (κ3) is 5.30. The van der Waals surface area contributed by atoms with Gasteiger partial charge in [-0.15, -0.1) is 0 Å². The van der Waals surface area contributed by atoms with Gasteiger partial charge in [0.25, 0.3) is 0 Å². The van der Waals surface area contributed by atoms with E-state index >= 15 is 0 Å². The minimum atomic E-state index is -0.244. The Morgan fingerprint density at radius 2 is 1.77 bits per heavy atom. The predicted octanol–water partition coefficient (Wildman–Crippen LogP) is 2.59. The van der Waals surface area contributed by atoms with Crippen LogP contribution in [0.4, 0.5) is 0 Å². The minimum absolute atomic E-state index is 0.208. The molecule has 0 atom stereocenters. The van der Waals surface area contributed by atoms with Crippen molar-refractivity contribution in [3.8, 4) is 28.4 Å². The highest BCUT2D eigenvalue weighted by Gasteiger charge is 2.26. The second kappa shape index (κ2) is 10.3. The van der Waals surface area contributed by atoms with E-state index in [0.717, 1.165) is 22.4 Å². The molecule has 0 spiro atoms. The second-order valence-corrected chi connectivity index (χ2v) is 8.04. The fourth-order valence-electron chi connectivity index (χ4n) is 4.01. The molecule has 0 unspecified atom stereocenters. The molecule has 0 amide bonds. The van der Waals surface area contributed by atoms with Crippen molar-refractivity contribution in [1.29, 1.82) is 0 Å². The van der Waals surface area contributed by atoms with E-state index in [9.17, 15) is 5.11 Å². The van der Waals surface area contributed by atoms with Crippen LogP contribution in [-0.2, 0) is 16.0 Å². The number of aliphatic hydroxyl groups is 1. The highest BCUT2D eigenvalue weighted by Crippen LogP contribution is 2.39. The van der Waals surface area contributed by atoms with E-state index in [2.05, 4.69) is 11.0 Å². The van der Waals surface area contributed by atoms with Crippen molar-refractivity contribution in [2.75, 3.05) is 60.3 Å². The monoisotopic (exact) mass is 429 g/mol. The molecule has 1 N–H and O–H groups in total. The number of ether oxygens (including phenoxy) is 5. The molecule has 168 valence electrons. The number of hydrogen-bond acceptors (Lipinski definition) is 7. The number of hydrogen-bond donors (Lipinski definition) is 1. The standard InChI is InChI=1S/C24H31NO6/c1-27-23-5-3-4-21(24(23)28-2)18-6-7-22(19(10-18)11-25-12-20(26)13-25)31-16-17-14-29-8-9-30-15-17/h3-7,10,17,20,26H,8-9,11-16H2,1-2H3. The predicted molar refractivity (Wildman–Crippen MR) is 117 cm³/mol. The molecule has 0 aromatic heterocycles. The first-order valence-electron chi connectivity index (χ1n) is 10.7. The molecule has 2 fully saturated rings. The van der Waals surface area contributed by atoms with Crippen LogP contribution in [-0.4, -0.2) is 76.5 Å². The highest BCUT2D eigenvalue weighted by atomic mass is 16.5. The van der Waals surface area contributed by atoms with Gasteiger partial charge in [0.15, 0.2) is 11.5 Å². The summed E-state index contributed by atoms with van der Waals surface area (Å²) in [6.45, 7) is 5.17. The molecule has 2 aromatic rings. The molecule has 0 radical (unpaired) electrons. The third-order valence-electron chi connectivity index (χ3n) is 5.66. The van der Waals surface area contributed by atoms with E-state index in [1.54, 1.807) is 14.2 Å². The summed E-state index contributed by atoms with van der Waals surface area (Å²) < 4.78 is 28.5. The molecule has 4 rings (SSSR count). The molecular formula is C24H31NO6. The largest absolute Gasteiger partial charge is 0.493 e. The smallest absolute Gasteiger partial charge is 0.168 e. The summed E-state index contributed by atoms with van der Waals surface area (Å²) in [6.07, 6.45) is -0.244. The Bertz CT molecular complexity index is 859. The number of methoxy groups -OCH3 is 2. The van der Waals surface area contributed by atoms with E-state index < -0.39 is 0 Å². The maximum absolute atomic E-state index is 9.69. The summed E-state index contributed by atoms with van der Waals surface area (Å²) in [4.78, 5) is 2.21. The molecule has 2 saturated heterocycles. The Hall–Kier alpha value is -2.32. The van der Waals surface area contributed by atoms with Crippen LogP contribution in [0.1, 0.15) is 5.56 Å². The SMILES string of the molecule is COc1cccc(-c2ccc(OCC3COCCOC3)c(CN3CC(O)C3)c2)c1OC. The Kier molecular flexibility index (Phi) is 7.29. The Morgan fingerprint density at radius 1 is 1.00 bits per heavy atom. The number of β-amino-alcohol motifs (C(OH)–C–C–N with tert-alkyl or cyclic N) is 1. The molecule has 2 aromatic carbocycles. The molecular weight excluding hydrogens is 398 g/mol. The van der Waals surface area contributed by atoms with Gasteiger partial charge in [0.05, 0.1) is 53.4 Å². The van der Waals surface area contributed by atoms with Gasteiger partial charge in [0, 0.05) is 36.7 Å². The summed E-state index contributed by atoms with van der Waals surface area (Å²) in [6, 6.07) is 12.1. The van der Waals surface area contributed by atoms with Crippen LogP contribution in [0.2, 0.25) is 0 Å². The molecule has 31 heavy (non-hydrogen) atoms. The summed E-state index contributed by atoms with van der Waals surface area (Å²) in [5.41, 5.74) is 3.06. The fourth-order valence-corrected chi connectivity index (χ4v) is 4.01. The highest BCUT2D eigenvalue weighted by molar-refractivity contribution is 5.75. The van der Waals surface area contributed by atoms with Crippen LogP contribution < -0.4 is 14.2 Å². The van der Waals surface area contributed by atoms with Crippen LogP contribution in [0.5, 0.6) is 17.2 Å². The molecule has 2 aliphatic heterocycles. The quantitative estimate of drug-likeness (QED) is 0.692. The van der Waals surface area contributed by atoms with Crippen molar-refractivity contribution in [3.05, 3.63) is 42.0 Å². The maximum Gasteiger partial charge on any atom is 0.168 e. The van der Waals surface area contributed by atoms with Gasteiger partial charge in [0.2, 0.25) is 0 Å². The number of aliphatic hydroxyl groups excluding tert-OH is 1. The molecule has 2 aliphatic rings.